The lowest BCUT2D eigenvalue weighted by molar-refractivity contribution is -0.305. The van der Waals surface area contributed by atoms with Crippen LogP contribution in [-0.2, 0) is 30.7 Å². The van der Waals surface area contributed by atoms with E-state index in [0.29, 0.717) is 23.8 Å². The van der Waals surface area contributed by atoms with E-state index in [1.165, 1.54) is 17.3 Å². The monoisotopic (exact) mass is 489 g/mol. The molecule has 1 unspecified atom stereocenters. The lowest BCUT2D eigenvalue weighted by Crippen LogP contribution is -2.36. The first kappa shape index (κ1) is 25.5. The van der Waals surface area contributed by atoms with Gasteiger partial charge in [0.15, 0.2) is 0 Å². The van der Waals surface area contributed by atoms with Crippen LogP contribution in [0.3, 0.4) is 0 Å². The predicted molar refractivity (Wildman–Crippen MR) is 140 cm³/mol. The van der Waals surface area contributed by atoms with Crippen molar-refractivity contribution in [3.63, 3.8) is 0 Å². The van der Waals surface area contributed by atoms with Gasteiger partial charge in [0.2, 0.25) is 0 Å². The third kappa shape index (κ3) is 6.36. The van der Waals surface area contributed by atoms with Crippen molar-refractivity contribution in [2.24, 2.45) is 0 Å². The number of ether oxygens (including phenoxy) is 1. The smallest absolute Gasteiger partial charge is 0.128 e. The first-order valence-electron chi connectivity index (χ1n) is 12.7. The molecule has 1 atom stereocenters. The van der Waals surface area contributed by atoms with Crippen LogP contribution in [0.15, 0.2) is 60.7 Å². The van der Waals surface area contributed by atoms with Gasteiger partial charge in [-0.25, -0.2) is 4.39 Å². The maximum absolute atomic E-state index is 14.4. The van der Waals surface area contributed by atoms with Crippen LogP contribution < -0.4 is 20.1 Å². The molecule has 4 rings (SSSR count). The van der Waals surface area contributed by atoms with Crippen LogP contribution in [0.4, 0.5) is 15.8 Å². The third-order valence-corrected chi connectivity index (χ3v) is 6.65. The van der Waals surface area contributed by atoms with Crippen LogP contribution in [0.1, 0.15) is 55.9 Å². The number of carbonyl (C=O) groups is 1. The summed E-state index contributed by atoms with van der Waals surface area (Å²) in [6.45, 7) is 7.61. The average Bonchev–Trinajstić information content (AvgIpc) is 2.84. The number of fused-ring (bicyclic) bond motifs is 1. The molecule has 3 aromatic rings. The van der Waals surface area contributed by atoms with Crippen molar-refractivity contribution in [1.82, 2.24) is 0 Å². The molecule has 0 spiro atoms. The summed E-state index contributed by atoms with van der Waals surface area (Å²) in [7, 11) is 0. The van der Waals surface area contributed by atoms with Gasteiger partial charge in [0.05, 0.1) is 6.10 Å². The highest BCUT2D eigenvalue weighted by Gasteiger charge is 2.24. The fraction of sp³-hybridized carbons (Fsp3) is 0.367. The molecule has 1 aliphatic heterocycles. The number of para-hydroxylation sites is 1. The minimum atomic E-state index is -1.18. The number of rotatable bonds is 10. The molecule has 0 saturated carbocycles. The highest BCUT2D eigenvalue weighted by molar-refractivity contribution is 5.64. The van der Waals surface area contributed by atoms with Crippen LogP contribution in [0, 0.1) is 5.82 Å². The molecule has 0 radical (unpaired) electrons. The highest BCUT2D eigenvalue weighted by Crippen LogP contribution is 2.34. The Kier molecular flexibility index (Phi) is 8.14. The zero-order valence-electron chi connectivity index (χ0n) is 21.2. The van der Waals surface area contributed by atoms with Crippen LogP contribution in [-0.4, -0.2) is 18.1 Å². The summed E-state index contributed by atoms with van der Waals surface area (Å²) in [6.07, 6.45) is 2.19. The molecule has 190 valence electrons. The fourth-order valence-electron chi connectivity index (χ4n) is 4.69. The Balaban J connectivity index is 1.49. The summed E-state index contributed by atoms with van der Waals surface area (Å²) in [4.78, 5) is 13.1. The molecule has 6 heteroatoms. The number of nitrogens with zero attached hydrogens (tertiary/aromatic N) is 1. The normalized spacial score (nSPS) is 15.0. The second-order valence-electron chi connectivity index (χ2n) is 9.78. The number of halogens is 1. The summed E-state index contributed by atoms with van der Waals surface area (Å²) in [5.74, 6) is -0.738. The number of carbonyl (C=O) groups excluding carboxylic acids is 1. The van der Waals surface area contributed by atoms with Crippen LogP contribution in [0.25, 0.3) is 0 Å². The summed E-state index contributed by atoms with van der Waals surface area (Å²) in [5, 5.41) is 13.9. The van der Waals surface area contributed by atoms with Crippen LogP contribution >= 0.6 is 0 Å². The number of aryl methyl sites for hydroxylation is 2. The van der Waals surface area contributed by atoms with Gasteiger partial charge in [0.1, 0.15) is 11.6 Å². The first-order valence-corrected chi connectivity index (χ1v) is 12.7. The maximum atomic E-state index is 14.4. The minimum absolute atomic E-state index is 0.0423. The van der Waals surface area contributed by atoms with Gasteiger partial charge in [-0.1, -0.05) is 36.4 Å². The summed E-state index contributed by atoms with van der Waals surface area (Å²) in [6, 6.07) is 20.1. The van der Waals surface area contributed by atoms with Crippen molar-refractivity contribution in [3.05, 3.63) is 88.7 Å². The van der Waals surface area contributed by atoms with Crippen molar-refractivity contribution in [2.75, 3.05) is 10.2 Å². The standard InChI is InChI=1S/C30H35FN2O3/c1-20(2)36-29-16-22(18-32-26-14-12-23(27(31)17-26)13-15-30(34)35)9-11-25(29)19-33-21(3)8-10-24-6-4-5-7-28(24)33/h4-7,9,11-12,14,16-17,20-21,32H,8,10,13,15,18-19H2,1-3H3,(H,34,35)/p-1. The topological polar surface area (TPSA) is 64.6 Å². The minimum Gasteiger partial charge on any atom is -0.550 e. The Morgan fingerprint density at radius 2 is 1.92 bits per heavy atom. The molecule has 3 aromatic carbocycles. The van der Waals surface area contributed by atoms with Gasteiger partial charge in [0, 0.05) is 42.0 Å². The van der Waals surface area contributed by atoms with E-state index < -0.39 is 11.8 Å². The Hall–Kier alpha value is -3.54. The van der Waals surface area contributed by atoms with Crippen LogP contribution in [0.2, 0.25) is 0 Å². The zero-order valence-corrected chi connectivity index (χ0v) is 21.2. The lowest BCUT2D eigenvalue weighted by Gasteiger charge is -2.37. The van der Waals surface area contributed by atoms with Gasteiger partial charge in [-0.2, -0.15) is 0 Å². The van der Waals surface area contributed by atoms with E-state index >= 15 is 0 Å². The van der Waals surface area contributed by atoms with Gasteiger partial charge in [-0.05, 0) is 87.4 Å². The zero-order chi connectivity index (χ0) is 25.7. The summed E-state index contributed by atoms with van der Waals surface area (Å²) in [5.41, 5.74) is 5.86. The SMILES string of the molecule is CC(C)Oc1cc(CNc2ccc(CCC(=O)[O-])c(F)c2)ccc1CN1c2ccccc2CCC1C. The quantitative estimate of drug-likeness (QED) is 0.422. The molecule has 0 aliphatic carbocycles. The second-order valence-corrected chi connectivity index (χ2v) is 9.78. The second kappa shape index (κ2) is 11.5. The molecular weight excluding hydrogens is 455 g/mol. The summed E-state index contributed by atoms with van der Waals surface area (Å²) < 4.78 is 20.6. The molecule has 0 amide bonds. The Bertz CT molecular complexity index is 1210. The molecule has 36 heavy (non-hydrogen) atoms. The molecule has 0 saturated heterocycles. The number of anilines is 2. The van der Waals surface area contributed by atoms with Crippen LogP contribution in [0.5, 0.6) is 5.75 Å². The van der Waals surface area contributed by atoms with E-state index in [4.69, 9.17) is 4.74 Å². The van der Waals surface area contributed by atoms with Gasteiger partial charge in [-0.3, -0.25) is 0 Å². The van der Waals surface area contributed by atoms with Crippen molar-refractivity contribution in [2.45, 2.75) is 71.7 Å². The molecule has 0 fully saturated rings. The Morgan fingerprint density at radius 1 is 1.14 bits per heavy atom. The average molecular weight is 490 g/mol. The Morgan fingerprint density at radius 3 is 2.67 bits per heavy atom. The van der Waals surface area contributed by atoms with Crippen molar-refractivity contribution >= 4 is 17.3 Å². The number of hydrogen-bond acceptors (Lipinski definition) is 5. The van der Waals surface area contributed by atoms with Crippen molar-refractivity contribution < 1.29 is 19.0 Å². The van der Waals surface area contributed by atoms with Gasteiger partial charge in [-0.15, -0.1) is 0 Å². The van der Waals surface area contributed by atoms with E-state index in [1.54, 1.807) is 12.1 Å². The largest absolute Gasteiger partial charge is 0.550 e. The van der Waals surface area contributed by atoms with E-state index in [-0.39, 0.29) is 18.9 Å². The summed E-state index contributed by atoms with van der Waals surface area (Å²) >= 11 is 0. The molecule has 0 bridgehead atoms. The first-order chi connectivity index (χ1) is 17.3. The van der Waals surface area contributed by atoms with E-state index in [1.807, 2.05) is 13.8 Å². The molecular formula is C30H34FN2O3-. The molecule has 1 heterocycles. The van der Waals surface area contributed by atoms with Crippen molar-refractivity contribution in [1.29, 1.82) is 0 Å². The van der Waals surface area contributed by atoms with Gasteiger partial charge < -0.3 is 24.9 Å². The van der Waals surface area contributed by atoms with Gasteiger partial charge in [0.25, 0.3) is 0 Å². The molecule has 5 nitrogen and oxygen atoms in total. The number of carboxylic acids is 1. The Labute approximate surface area is 212 Å². The van der Waals surface area contributed by atoms with E-state index in [0.717, 1.165) is 36.3 Å². The van der Waals surface area contributed by atoms with E-state index in [2.05, 4.69) is 59.6 Å². The molecule has 0 aromatic heterocycles. The fourth-order valence-corrected chi connectivity index (χ4v) is 4.69. The molecule has 1 N–H and O–H groups in total. The predicted octanol–water partition coefficient (Wildman–Crippen LogP) is 5.25. The maximum Gasteiger partial charge on any atom is 0.128 e. The number of aliphatic carboxylic acids is 1. The van der Waals surface area contributed by atoms with Gasteiger partial charge >= 0.3 is 0 Å². The molecule has 1 aliphatic rings. The number of carboxylic acid groups (broad SMARTS) is 1. The highest BCUT2D eigenvalue weighted by atomic mass is 19.1. The number of benzene rings is 3. The number of nitrogens with one attached hydrogen (secondary N) is 1. The third-order valence-electron chi connectivity index (χ3n) is 6.65. The van der Waals surface area contributed by atoms with E-state index in [9.17, 15) is 14.3 Å². The number of hydrogen-bond donors (Lipinski definition) is 1. The lowest BCUT2D eigenvalue weighted by atomic mass is 9.96. The van der Waals surface area contributed by atoms with Crippen molar-refractivity contribution in [3.8, 4) is 5.75 Å².